The number of benzene rings is 1. The van der Waals surface area contributed by atoms with Crippen molar-refractivity contribution >= 4 is 17.8 Å². The van der Waals surface area contributed by atoms with Crippen LogP contribution in [0.4, 0.5) is 0 Å². The lowest BCUT2D eigenvalue weighted by Gasteiger charge is -2.34. The Bertz CT molecular complexity index is 740. The molecule has 6 nitrogen and oxygen atoms in total. The van der Waals surface area contributed by atoms with E-state index in [-0.39, 0.29) is 18.2 Å². The van der Waals surface area contributed by atoms with Crippen LogP contribution in [0, 0.1) is 6.92 Å². The third-order valence-corrected chi connectivity index (χ3v) is 6.35. The van der Waals surface area contributed by atoms with Crippen molar-refractivity contribution < 1.29 is 19.5 Å². The Hall–Kier alpha value is -2.37. The molecule has 0 aromatic heterocycles. The van der Waals surface area contributed by atoms with Gasteiger partial charge >= 0.3 is 5.97 Å². The molecule has 0 radical (unpaired) electrons. The summed E-state index contributed by atoms with van der Waals surface area (Å²) in [6.45, 7) is 3.65. The minimum atomic E-state index is -0.870. The quantitative estimate of drug-likeness (QED) is 0.754. The standard InChI is InChI=1S/C22H30N2O4/c1-16-4-2-3-5-18(16)17-9-14-24(15-10-17)20(26)7-12-22(13-8-21(27)28)11-6-19(25)23-22/h2-5,17H,6-15H2,1H3,(H,23,25)(H,27,28). The minimum Gasteiger partial charge on any atom is -0.481 e. The van der Waals surface area contributed by atoms with Gasteiger partial charge in [0.1, 0.15) is 0 Å². The van der Waals surface area contributed by atoms with Crippen LogP contribution in [0.5, 0.6) is 0 Å². The number of likely N-dealkylation sites (tertiary alicyclic amines) is 1. The fourth-order valence-corrected chi connectivity index (χ4v) is 4.61. The van der Waals surface area contributed by atoms with E-state index in [0.717, 1.165) is 25.9 Å². The molecule has 0 spiro atoms. The third kappa shape index (κ3) is 4.91. The van der Waals surface area contributed by atoms with Gasteiger partial charge in [-0.05, 0) is 56.1 Å². The first kappa shape index (κ1) is 20.4. The molecule has 2 amide bonds. The Morgan fingerprint density at radius 1 is 1.18 bits per heavy atom. The zero-order chi connectivity index (χ0) is 20.1. The highest BCUT2D eigenvalue weighted by molar-refractivity contribution is 5.80. The molecule has 0 bridgehead atoms. The van der Waals surface area contributed by atoms with Crippen LogP contribution >= 0.6 is 0 Å². The molecule has 6 heteroatoms. The molecule has 2 aliphatic rings. The van der Waals surface area contributed by atoms with Gasteiger partial charge in [-0.3, -0.25) is 14.4 Å². The zero-order valence-electron chi connectivity index (χ0n) is 16.6. The van der Waals surface area contributed by atoms with Crippen LogP contribution in [0.2, 0.25) is 0 Å². The summed E-state index contributed by atoms with van der Waals surface area (Å²) in [6, 6.07) is 8.46. The lowest BCUT2D eigenvalue weighted by Crippen LogP contribution is -2.44. The van der Waals surface area contributed by atoms with E-state index < -0.39 is 11.5 Å². The molecule has 2 fully saturated rings. The average molecular weight is 386 g/mol. The van der Waals surface area contributed by atoms with E-state index in [4.69, 9.17) is 5.11 Å². The van der Waals surface area contributed by atoms with Crippen molar-refractivity contribution in [2.45, 2.75) is 69.7 Å². The first-order chi connectivity index (χ1) is 13.4. The van der Waals surface area contributed by atoms with E-state index in [0.29, 0.717) is 38.0 Å². The van der Waals surface area contributed by atoms with Gasteiger partial charge in [-0.1, -0.05) is 24.3 Å². The molecule has 1 atom stereocenters. The molecule has 2 saturated heterocycles. The number of aryl methyl sites for hydroxylation is 1. The number of hydrogen-bond donors (Lipinski definition) is 2. The largest absolute Gasteiger partial charge is 0.481 e. The number of nitrogens with zero attached hydrogens (tertiary/aromatic N) is 1. The van der Waals surface area contributed by atoms with Crippen LogP contribution < -0.4 is 5.32 Å². The lowest BCUT2D eigenvalue weighted by atomic mass is 9.85. The molecule has 2 aliphatic heterocycles. The third-order valence-electron chi connectivity index (χ3n) is 6.35. The van der Waals surface area contributed by atoms with Crippen molar-refractivity contribution in [1.82, 2.24) is 10.2 Å². The summed E-state index contributed by atoms with van der Waals surface area (Å²) >= 11 is 0. The monoisotopic (exact) mass is 386 g/mol. The van der Waals surface area contributed by atoms with Gasteiger partial charge in [-0.2, -0.15) is 0 Å². The van der Waals surface area contributed by atoms with Crippen molar-refractivity contribution in [3.63, 3.8) is 0 Å². The summed E-state index contributed by atoms with van der Waals surface area (Å²) in [7, 11) is 0. The molecule has 1 unspecified atom stereocenters. The SMILES string of the molecule is Cc1ccccc1C1CCN(C(=O)CCC2(CCC(=O)O)CCC(=O)N2)CC1. The van der Waals surface area contributed by atoms with E-state index >= 15 is 0 Å². The van der Waals surface area contributed by atoms with Crippen LogP contribution in [0.25, 0.3) is 0 Å². The van der Waals surface area contributed by atoms with Gasteiger partial charge in [0.15, 0.2) is 0 Å². The Morgan fingerprint density at radius 3 is 2.46 bits per heavy atom. The molecular formula is C22H30N2O4. The molecule has 1 aromatic rings. The number of aliphatic carboxylic acids is 1. The van der Waals surface area contributed by atoms with E-state index in [9.17, 15) is 14.4 Å². The molecule has 2 N–H and O–H groups in total. The summed E-state index contributed by atoms with van der Waals surface area (Å²) in [4.78, 5) is 37.3. The second-order valence-electron chi connectivity index (χ2n) is 8.23. The highest BCUT2D eigenvalue weighted by Gasteiger charge is 2.38. The normalized spacial score (nSPS) is 22.9. The second kappa shape index (κ2) is 8.76. The topological polar surface area (TPSA) is 86.7 Å². The molecule has 3 rings (SSSR count). The first-order valence-electron chi connectivity index (χ1n) is 10.2. The van der Waals surface area contributed by atoms with Gasteiger partial charge in [0.2, 0.25) is 11.8 Å². The number of hydrogen-bond acceptors (Lipinski definition) is 3. The van der Waals surface area contributed by atoms with Crippen LogP contribution in [-0.2, 0) is 14.4 Å². The molecule has 0 saturated carbocycles. The number of nitrogens with one attached hydrogen (secondary N) is 1. The molecule has 1 aromatic carbocycles. The van der Waals surface area contributed by atoms with E-state index in [1.807, 2.05) is 4.90 Å². The smallest absolute Gasteiger partial charge is 0.303 e. The van der Waals surface area contributed by atoms with Gasteiger partial charge in [-0.15, -0.1) is 0 Å². The van der Waals surface area contributed by atoms with Gasteiger partial charge in [0.05, 0.1) is 0 Å². The van der Waals surface area contributed by atoms with Crippen molar-refractivity contribution in [2.24, 2.45) is 0 Å². The van der Waals surface area contributed by atoms with Crippen molar-refractivity contribution in [3.8, 4) is 0 Å². The number of rotatable bonds is 7. The second-order valence-corrected chi connectivity index (χ2v) is 8.23. The summed E-state index contributed by atoms with van der Waals surface area (Å²) in [6.07, 6.45) is 4.23. The highest BCUT2D eigenvalue weighted by atomic mass is 16.4. The minimum absolute atomic E-state index is 0.0102. The Kier molecular flexibility index (Phi) is 6.37. The Balaban J connectivity index is 1.51. The summed E-state index contributed by atoms with van der Waals surface area (Å²) in [5, 5.41) is 11.9. The predicted molar refractivity (Wildman–Crippen MR) is 106 cm³/mol. The zero-order valence-corrected chi connectivity index (χ0v) is 16.6. The summed E-state index contributed by atoms with van der Waals surface area (Å²) in [5.74, 6) is -0.303. The molecule has 28 heavy (non-hydrogen) atoms. The number of carboxylic acids is 1. The lowest BCUT2D eigenvalue weighted by molar-refractivity contribution is -0.137. The van der Waals surface area contributed by atoms with Gasteiger partial charge in [0, 0.05) is 37.9 Å². The maximum atomic E-state index is 12.7. The Labute approximate surface area is 166 Å². The van der Waals surface area contributed by atoms with Crippen LogP contribution in [0.3, 0.4) is 0 Å². The number of piperidine rings is 1. The van der Waals surface area contributed by atoms with Crippen LogP contribution in [-0.4, -0.2) is 46.4 Å². The number of carboxylic acid groups (broad SMARTS) is 1. The maximum absolute atomic E-state index is 12.7. The fraction of sp³-hybridized carbons (Fsp3) is 0.591. The van der Waals surface area contributed by atoms with Crippen molar-refractivity contribution in [2.75, 3.05) is 13.1 Å². The van der Waals surface area contributed by atoms with Gasteiger partial charge in [-0.25, -0.2) is 0 Å². The average Bonchev–Trinajstić information content (AvgIpc) is 3.06. The van der Waals surface area contributed by atoms with Crippen molar-refractivity contribution in [3.05, 3.63) is 35.4 Å². The summed E-state index contributed by atoms with van der Waals surface area (Å²) < 4.78 is 0. The number of carbonyl (C=O) groups excluding carboxylic acids is 2. The maximum Gasteiger partial charge on any atom is 0.303 e. The summed E-state index contributed by atoms with van der Waals surface area (Å²) in [5.41, 5.74) is 2.16. The van der Waals surface area contributed by atoms with Crippen LogP contribution in [0.15, 0.2) is 24.3 Å². The molecular weight excluding hydrogens is 356 g/mol. The van der Waals surface area contributed by atoms with E-state index in [2.05, 4.69) is 36.5 Å². The molecule has 0 aliphatic carbocycles. The van der Waals surface area contributed by atoms with Gasteiger partial charge in [0.25, 0.3) is 0 Å². The van der Waals surface area contributed by atoms with Crippen LogP contribution in [0.1, 0.15) is 68.4 Å². The Morgan fingerprint density at radius 2 is 1.86 bits per heavy atom. The number of carbonyl (C=O) groups is 3. The van der Waals surface area contributed by atoms with E-state index in [1.165, 1.54) is 11.1 Å². The fourth-order valence-electron chi connectivity index (χ4n) is 4.61. The highest BCUT2D eigenvalue weighted by Crippen LogP contribution is 2.32. The molecule has 2 heterocycles. The van der Waals surface area contributed by atoms with Gasteiger partial charge < -0.3 is 15.3 Å². The first-order valence-corrected chi connectivity index (χ1v) is 10.2. The van der Waals surface area contributed by atoms with Crippen molar-refractivity contribution in [1.29, 1.82) is 0 Å². The number of amides is 2. The molecule has 152 valence electrons. The predicted octanol–water partition coefficient (Wildman–Crippen LogP) is 2.99. The van der Waals surface area contributed by atoms with E-state index in [1.54, 1.807) is 0 Å².